The van der Waals surface area contributed by atoms with Crippen molar-refractivity contribution < 1.29 is 9.53 Å². The average Bonchev–Trinajstić information content (AvgIpc) is 2.26. The molecule has 0 saturated heterocycles. The third-order valence-corrected chi connectivity index (χ3v) is 2.94. The van der Waals surface area contributed by atoms with Gasteiger partial charge in [-0.2, -0.15) is 0 Å². The molecule has 4 heteroatoms. The molecule has 1 amide bonds. The molecular weight excluding hydrogens is 216 g/mol. The lowest BCUT2D eigenvalue weighted by Gasteiger charge is -2.25. The van der Waals surface area contributed by atoms with Crippen LogP contribution in [-0.2, 0) is 9.53 Å². The zero-order valence-corrected chi connectivity index (χ0v) is 12.1. The lowest BCUT2D eigenvalue weighted by atomic mass is 10.0. The van der Waals surface area contributed by atoms with Crippen molar-refractivity contribution in [2.24, 2.45) is 5.92 Å². The minimum atomic E-state index is -0.141. The van der Waals surface area contributed by atoms with Gasteiger partial charge in [-0.15, -0.1) is 0 Å². The van der Waals surface area contributed by atoms with E-state index < -0.39 is 0 Å². The van der Waals surface area contributed by atoms with Gasteiger partial charge in [0.05, 0.1) is 11.6 Å². The Morgan fingerprint density at radius 1 is 1.35 bits per heavy atom. The van der Waals surface area contributed by atoms with Gasteiger partial charge in [0.2, 0.25) is 5.91 Å². The van der Waals surface area contributed by atoms with Gasteiger partial charge in [-0.1, -0.05) is 13.8 Å². The smallest absolute Gasteiger partial charge is 0.236 e. The maximum atomic E-state index is 11.7. The van der Waals surface area contributed by atoms with E-state index in [1.807, 2.05) is 13.8 Å². The maximum absolute atomic E-state index is 11.7. The Bertz CT molecular complexity index is 227. The summed E-state index contributed by atoms with van der Waals surface area (Å²) < 4.78 is 5.35. The number of methoxy groups -OCH3 is 1. The Morgan fingerprint density at radius 3 is 2.35 bits per heavy atom. The van der Waals surface area contributed by atoms with E-state index in [0.29, 0.717) is 5.92 Å². The van der Waals surface area contributed by atoms with Crippen molar-refractivity contribution in [1.82, 2.24) is 10.6 Å². The van der Waals surface area contributed by atoms with E-state index in [1.165, 1.54) is 0 Å². The third kappa shape index (κ3) is 7.34. The van der Waals surface area contributed by atoms with E-state index in [2.05, 4.69) is 24.5 Å². The van der Waals surface area contributed by atoms with Crippen LogP contribution >= 0.6 is 0 Å². The normalized spacial score (nSPS) is 13.8. The summed E-state index contributed by atoms with van der Waals surface area (Å²) in [5, 5.41) is 6.00. The first kappa shape index (κ1) is 16.4. The van der Waals surface area contributed by atoms with Gasteiger partial charge in [-0.05, 0) is 39.2 Å². The lowest BCUT2D eigenvalue weighted by Crippen LogP contribution is -2.45. The second-order valence-corrected chi connectivity index (χ2v) is 5.46. The Labute approximate surface area is 105 Å². The van der Waals surface area contributed by atoms with Crippen LogP contribution in [0.5, 0.6) is 0 Å². The zero-order chi connectivity index (χ0) is 13.5. The molecule has 0 fully saturated rings. The number of hydrogen-bond acceptors (Lipinski definition) is 3. The Morgan fingerprint density at radius 2 is 1.94 bits per heavy atom. The van der Waals surface area contributed by atoms with Crippen LogP contribution in [-0.4, -0.2) is 38.3 Å². The summed E-state index contributed by atoms with van der Waals surface area (Å²) in [6, 6.07) is -0.104. The molecule has 17 heavy (non-hydrogen) atoms. The lowest BCUT2D eigenvalue weighted by molar-refractivity contribution is -0.123. The number of carbonyl (C=O) groups is 1. The molecule has 0 aromatic carbocycles. The predicted octanol–water partition coefficient (Wildman–Crippen LogP) is 1.55. The molecule has 0 heterocycles. The summed E-state index contributed by atoms with van der Waals surface area (Å²) in [6.07, 6.45) is 1.74. The molecular formula is C13H28N2O2. The summed E-state index contributed by atoms with van der Waals surface area (Å²) in [4.78, 5) is 11.7. The zero-order valence-electron chi connectivity index (χ0n) is 12.1. The highest BCUT2D eigenvalue weighted by Gasteiger charge is 2.20. The van der Waals surface area contributed by atoms with E-state index in [0.717, 1.165) is 19.4 Å². The van der Waals surface area contributed by atoms with Gasteiger partial charge >= 0.3 is 0 Å². The molecule has 0 aliphatic rings. The SMILES string of the molecule is CNC(=O)C(CC(C)C)NCCC(C)(C)OC. The molecule has 102 valence electrons. The van der Waals surface area contributed by atoms with E-state index in [-0.39, 0.29) is 17.6 Å². The second-order valence-electron chi connectivity index (χ2n) is 5.46. The number of hydrogen-bond donors (Lipinski definition) is 2. The fraction of sp³-hybridized carbons (Fsp3) is 0.923. The number of carbonyl (C=O) groups excluding carboxylic acids is 1. The van der Waals surface area contributed by atoms with Gasteiger partial charge < -0.3 is 15.4 Å². The van der Waals surface area contributed by atoms with E-state index in [4.69, 9.17) is 4.74 Å². The molecule has 1 unspecified atom stereocenters. The largest absolute Gasteiger partial charge is 0.379 e. The molecule has 4 nitrogen and oxygen atoms in total. The van der Waals surface area contributed by atoms with Crippen LogP contribution in [0.1, 0.15) is 40.5 Å². The average molecular weight is 244 g/mol. The molecule has 0 aromatic heterocycles. The standard InChI is InChI=1S/C13H28N2O2/c1-10(2)9-11(12(16)14-5)15-8-7-13(3,4)17-6/h10-11,15H,7-9H2,1-6H3,(H,14,16). The predicted molar refractivity (Wildman–Crippen MR) is 71.0 cm³/mol. The van der Waals surface area contributed by atoms with Crippen LogP contribution < -0.4 is 10.6 Å². The van der Waals surface area contributed by atoms with Crippen LogP contribution in [0.25, 0.3) is 0 Å². The van der Waals surface area contributed by atoms with Crippen molar-refractivity contribution in [3.05, 3.63) is 0 Å². The first-order valence-corrected chi connectivity index (χ1v) is 6.32. The van der Waals surface area contributed by atoms with E-state index in [1.54, 1.807) is 14.2 Å². The van der Waals surface area contributed by atoms with Gasteiger partial charge in [0.25, 0.3) is 0 Å². The number of ether oxygens (including phenoxy) is 1. The molecule has 0 rings (SSSR count). The molecule has 0 aliphatic heterocycles. The first-order chi connectivity index (χ1) is 7.82. The van der Waals surface area contributed by atoms with Crippen molar-refractivity contribution in [2.45, 2.75) is 52.2 Å². The van der Waals surface area contributed by atoms with Crippen LogP contribution in [0.3, 0.4) is 0 Å². The Balaban J connectivity index is 4.13. The van der Waals surface area contributed by atoms with Crippen LogP contribution in [0.15, 0.2) is 0 Å². The second kappa shape index (κ2) is 7.67. The van der Waals surface area contributed by atoms with E-state index in [9.17, 15) is 4.79 Å². The maximum Gasteiger partial charge on any atom is 0.236 e. The topological polar surface area (TPSA) is 50.4 Å². The van der Waals surface area contributed by atoms with Gasteiger partial charge in [-0.3, -0.25) is 4.79 Å². The molecule has 2 N–H and O–H groups in total. The van der Waals surface area contributed by atoms with Crippen LogP contribution in [0.2, 0.25) is 0 Å². The number of nitrogens with one attached hydrogen (secondary N) is 2. The number of rotatable bonds is 8. The summed E-state index contributed by atoms with van der Waals surface area (Å²) in [7, 11) is 3.39. The summed E-state index contributed by atoms with van der Waals surface area (Å²) >= 11 is 0. The quantitative estimate of drug-likeness (QED) is 0.681. The highest BCUT2D eigenvalue weighted by molar-refractivity contribution is 5.81. The third-order valence-electron chi connectivity index (χ3n) is 2.94. The Kier molecular flexibility index (Phi) is 7.39. The first-order valence-electron chi connectivity index (χ1n) is 6.32. The van der Waals surface area contributed by atoms with Crippen molar-refractivity contribution >= 4 is 5.91 Å². The molecule has 0 aliphatic carbocycles. The van der Waals surface area contributed by atoms with Crippen molar-refractivity contribution in [2.75, 3.05) is 20.7 Å². The fourth-order valence-corrected chi connectivity index (χ4v) is 1.58. The minimum Gasteiger partial charge on any atom is -0.379 e. The molecule has 0 aromatic rings. The monoisotopic (exact) mass is 244 g/mol. The molecule has 0 radical (unpaired) electrons. The molecule has 0 bridgehead atoms. The van der Waals surface area contributed by atoms with Gasteiger partial charge in [0.1, 0.15) is 0 Å². The number of amides is 1. The molecule has 0 spiro atoms. The minimum absolute atomic E-state index is 0.0638. The number of likely N-dealkylation sites (N-methyl/N-ethyl adjacent to an activating group) is 1. The van der Waals surface area contributed by atoms with E-state index >= 15 is 0 Å². The Hall–Kier alpha value is -0.610. The highest BCUT2D eigenvalue weighted by Crippen LogP contribution is 2.12. The fourth-order valence-electron chi connectivity index (χ4n) is 1.58. The van der Waals surface area contributed by atoms with Crippen LogP contribution in [0.4, 0.5) is 0 Å². The van der Waals surface area contributed by atoms with Gasteiger partial charge in [0, 0.05) is 14.2 Å². The summed E-state index contributed by atoms with van der Waals surface area (Å²) in [5.41, 5.74) is -0.141. The summed E-state index contributed by atoms with van der Waals surface area (Å²) in [6.45, 7) is 9.12. The van der Waals surface area contributed by atoms with Crippen molar-refractivity contribution in [3.63, 3.8) is 0 Å². The molecule has 1 atom stereocenters. The van der Waals surface area contributed by atoms with Crippen molar-refractivity contribution in [1.29, 1.82) is 0 Å². The van der Waals surface area contributed by atoms with Crippen molar-refractivity contribution in [3.8, 4) is 0 Å². The highest BCUT2D eigenvalue weighted by atomic mass is 16.5. The molecule has 0 saturated carbocycles. The van der Waals surface area contributed by atoms with Gasteiger partial charge in [-0.25, -0.2) is 0 Å². The van der Waals surface area contributed by atoms with Gasteiger partial charge in [0.15, 0.2) is 0 Å². The van der Waals surface area contributed by atoms with Crippen LogP contribution in [0, 0.1) is 5.92 Å². The summed E-state index contributed by atoms with van der Waals surface area (Å²) in [5.74, 6) is 0.564.